The van der Waals surface area contributed by atoms with Crippen LogP contribution >= 0.6 is 0 Å². The number of nitrogens with one attached hydrogen (secondary N) is 1. The van der Waals surface area contributed by atoms with Crippen LogP contribution in [0.3, 0.4) is 0 Å². The summed E-state index contributed by atoms with van der Waals surface area (Å²) in [5.74, 6) is 0.880. The van der Waals surface area contributed by atoms with E-state index < -0.39 is 0 Å². The zero-order valence-electron chi connectivity index (χ0n) is 10.3. The Bertz CT molecular complexity index is 154. The molecule has 1 N–H and O–H groups in total. The molecule has 1 rings (SSSR count). The van der Waals surface area contributed by atoms with Crippen LogP contribution in [0.4, 0.5) is 0 Å². The lowest BCUT2D eigenvalue weighted by molar-refractivity contribution is -0.156. The van der Waals surface area contributed by atoms with Gasteiger partial charge in [-0.2, -0.15) is 0 Å². The summed E-state index contributed by atoms with van der Waals surface area (Å²) in [4.78, 5) is 0. The summed E-state index contributed by atoms with van der Waals surface area (Å²) >= 11 is 0. The quantitative estimate of drug-likeness (QED) is 0.629. The van der Waals surface area contributed by atoms with E-state index >= 15 is 0 Å². The van der Waals surface area contributed by atoms with Gasteiger partial charge in [-0.25, -0.2) is 0 Å². The molecule has 3 heteroatoms. The lowest BCUT2D eigenvalue weighted by Gasteiger charge is -2.33. The largest absolute Gasteiger partial charge is 0.351 e. The summed E-state index contributed by atoms with van der Waals surface area (Å²) in [6.07, 6.45) is 5.26. The summed E-state index contributed by atoms with van der Waals surface area (Å²) in [6.45, 7) is 5.46. The van der Waals surface area contributed by atoms with Crippen LogP contribution in [0, 0.1) is 5.92 Å². The number of rotatable bonds is 8. The normalized spacial score (nSPS) is 19.2. The van der Waals surface area contributed by atoms with E-state index in [1.165, 1.54) is 25.7 Å². The van der Waals surface area contributed by atoms with Crippen molar-refractivity contribution in [3.63, 3.8) is 0 Å². The number of ether oxygens (including phenoxy) is 2. The van der Waals surface area contributed by atoms with Crippen molar-refractivity contribution in [3.8, 4) is 0 Å². The molecule has 90 valence electrons. The average Bonchev–Trinajstić information content (AvgIpc) is 2.17. The molecule has 1 aliphatic rings. The fraction of sp³-hybridized carbons (Fsp3) is 1.00. The molecular weight excluding hydrogens is 190 g/mol. The van der Waals surface area contributed by atoms with Crippen molar-refractivity contribution in [1.29, 1.82) is 0 Å². The number of hydrogen-bond donors (Lipinski definition) is 1. The minimum absolute atomic E-state index is 0.0781. The lowest BCUT2D eigenvalue weighted by atomic mass is 9.81. The molecule has 1 atom stereocenters. The Labute approximate surface area is 93.5 Å². The van der Waals surface area contributed by atoms with Gasteiger partial charge in [0, 0.05) is 13.2 Å². The van der Waals surface area contributed by atoms with Gasteiger partial charge < -0.3 is 14.8 Å². The van der Waals surface area contributed by atoms with Gasteiger partial charge in [0.25, 0.3) is 0 Å². The average molecular weight is 215 g/mol. The van der Waals surface area contributed by atoms with E-state index in [9.17, 15) is 0 Å². The molecule has 1 saturated carbocycles. The van der Waals surface area contributed by atoms with E-state index in [1.54, 1.807) is 0 Å². The summed E-state index contributed by atoms with van der Waals surface area (Å²) < 4.78 is 11.2. The summed E-state index contributed by atoms with van der Waals surface area (Å²) in [7, 11) is 1.99. The van der Waals surface area contributed by atoms with E-state index in [0.717, 1.165) is 5.92 Å². The van der Waals surface area contributed by atoms with Crippen LogP contribution in [0.15, 0.2) is 0 Å². The molecule has 0 amide bonds. The molecule has 0 bridgehead atoms. The van der Waals surface area contributed by atoms with Crippen LogP contribution < -0.4 is 5.32 Å². The molecule has 0 aliphatic heterocycles. The van der Waals surface area contributed by atoms with Crippen LogP contribution in [-0.2, 0) is 9.47 Å². The molecular formula is C12H25NO2. The summed E-state index contributed by atoms with van der Waals surface area (Å²) in [6, 6.07) is 0.343. The maximum atomic E-state index is 5.62. The van der Waals surface area contributed by atoms with E-state index in [4.69, 9.17) is 9.47 Å². The summed E-state index contributed by atoms with van der Waals surface area (Å²) in [5.41, 5.74) is 0. The second-order valence-electron chi connectivity index (χ2n) is 4.21. The molecule has 1 unspecified atom stereocenters. The Balaban J connectivity index is 2.35. The molecule has 0 heterocycles. The highest BCUT2D eigenvalue weighted by atomic mass is 16.7. The van der Waals surface area contributed by atoms with Gasteiger partial charge in [-0.3, -0.25) is 0 Å². The SMILES string of the molecule is CCOC(OCC)C(CC1CCC1)NC. The smallest absolute Gasteiger partial charge is 0.172 e. The van der Waals surface area contributed by atoms with E-state index in [0.29, 0.717) is 19.3 Å². The van der Waals surface area contributed by atoms with Crippen molar-refractivity contribution in [2.24, 2.45) is 5.92 Å². The third kappa shape index (κ3) is 4.09. The minimum Gasteiger partial charge on any atom is -0.351 e. The highest BCUT2D eigenvalue weighted by Crippen LogP contribution is 2.31. The maximum Gasteiger partial charge on any atom is 0.172 e. The molecule has 0 spiro atoms. The van der Waals surface area contributed by atoms with E-state index in [-0.39, 0.29) is 6.29 Å². The van der Waals surface area contributed by atoms with Crippen molar-refractivity contribution in [3.05, 3.63) is 0 Å². The Morgan fingerprint density at radius 2 is 1.80 bits per heavy atom. The van der Waals surface area contributed by atoms with E-state index in [2.05, 4.69) is 5.32 Å². The van der Waals surface area contributed by atoms with Crippen molar-refractivity contribution >= 4 is 0 Å². The monoisotopic (exact) mass is 215 g/mol. The first-order chi connectivity index (χ1) is 7.31. The predicted molar refractivity (Wildman–Crippen MR) is 61.8 cm³/mol. The van der Waals surface area contributed by atoms with Crippen molar-refractivity contribution in [2.75, 3.05) is 20.3 Å². The zero-order chi connectivity index (χ0) is 11.1. The first-order valence-corrected chi connectivity index (χ1v) is 6.22. The van der Waals surface area contributed by atoms with Gasteiger partial charge in [0.05, 0.1) is 6.04 Å². The molecule has 0 aromatic rings. The molecule has 1 fully saturated rings. The van der Waals surface area contributed by atoms with Crippen molar-refractivity contribution < 1.29 is 9.47 Å². The van der Waals surface area contributed by atoms with Crippen molar-refractivity contribution in [2.45, 2.75) is 51.9 Å². The molecule has 1 aliphatic carbocycles. The molecule has 0 saturated heterocycles. The van der Waals surface area contributed by atoms with E-state index in [1.807, 2.05) is 20.9 Å². The highest BCUT2D eigenvalue weighted by molar-refractivity contribution is 4.78. The fourth-order valence-corrected chi connectivity index (χ4v) is 2.06. The van der Waals surface area contributed by atoms with Crippen LogP contribution in [0.1, 0.15) is 39.5 Å². The third-order valence-corrected chi connectivity index (χ3v) is 3.17. The standard InChI is InChI=1S/C12H25NO2/c1-4-14-12(15-5-2)11(13-3)9-10-7-6-8-10/h10-13H,4-9H2,1-3H3. The molecule has 3 nitrogen and oxygen atoms in total. The topological polar surface area (TPSA) is 30.5 Å². The lowest BCUT2D eigenvalue weighted by Crippen LogP contribution is -2.43. The van der Waals surface area contributed by atoms with Crippen LogP contribution in [0.25, 0.3) is 0 Å². The Hall–Kier alpha value is -0.120. The van der Waals surface area contributed by atoms with Crippen molar-refractivity contribution in [1.82, 2.24) is 5.32 Å². The first kappa shape index (κ1) is 12.9. The van der Waals surface area contributed by atoms with Gasteiger partial charge in [-0.15, -0.1) is 0 Å². The molecule has 0 radical (unpaired) electrons. The highest BCUT2D eigenvalue weighted by Gasteiger charge is 2.27. The van der Waals surface area contributed by atoms with Crippen LogP contribution in [0.5, 0.6) is 0 Å². The van der Waals surface area contributed by atoms with Gasteiger partial charge in [0.15, 0.2) is 6.29 Å². The Morgan fingerprint density at radius 1 is 1.20 bits per heavy atom. The molecule has 15 heavy (non-hydrogen) atoms. The Kier molecular flexibility index (Phi) is 6.22. The third-order valence-electron chi connectivity index (χ3n) is 3.17. The van der Waals surface area contributed by atoms with Gasteiger partial charge in [0.2, 0.25) is 0 Å². The predicted octanol–water partition coefficient (Wildman–Crippen LogP) is 2.16. The van der Waals surface area contributed by atoms with Crippen LogP contribution in [0.2, 0.25) is 0 Å². The molecule has 0 aromatic heterocycles. The van der Waals surface area contributed by atoms with Gasteiger partial charge >= 0.3 is 0 Å². The second kappa shape index (κ2) is 7.20. The fourth-order valence-electron chi connectivity index (χ4n) is 2.06. The maximum absolute atomic E-state index is 5.62. The van der Waals surface area contributed by atoms with Gasteiger partial charge in [-0.05, 0) is 33.2 Å². The summed E-state index contributed by atoms with van der Waals surface area (Å²) in [5, 5.41) is 3.32. The Morgan fingerprint density at radius 3 is 2.13 bits per heavy atom. The van der Waals surface area contributed by atoms with Gasteiger partial charge in [-0.1, -0.05) is 19.3 Å². The van der Waals surface area contributed by atoms with Crippen LogP contribution in [-0.4, -0.2) is 32.6 Å². The second-order valence-corrected chi connectivity index (χ2v) is 4.21. The first-order valence-electron chi connectivity index (χ1n) is 6.22. The minimum atomic E-state index is -0.0781. The van der Waals surface area contributed by atoms with Gasteiger partial charge in [0.1, 0.15) is 0 Å². The molecule has 0 aromatic carbocycles. The number of hydrogen-bond acceptors (Lipinski definition) is 3. The number of likely N-dealkylation sites (N-methyl/N-ethyl adjacent to an activating group) is 1. The zero-order valence-corrected chi connectivity index (χ0v) is 10.3.